The maximum absolute atomic E-state index is 12.1. The maximum Gasteiger partial charge on any atom is 0.261 e. The molecule has 0 atom stereocenters. The van der Waals surface area contributed by atoms with E-state index in [1.165, 1.54) is 0 Å². The van der Waals surface area contributed by atoms with Crippen LogP contribution in [0.1, 0.15) is 6.92 Å². The van der Waals surface area contributed by atoms with Crippen LogP contribution in [-0.4, -0.2) is 55.0 Å². The minimum Gasteiger partial charge on any atom is -0.499 e. The highest BCUT2D eigenvalue weighted by molar-refractivity contribution is 7.80. The first-order valence-electron chi connectivity index (χ1n) is 5.61. The van der Waals surface area contributed by atoms with Gasteiger partial charge in [-0.25, -0.2) is 9.80 Å². The summed E-state index contributed by atoms with van der Waals surface area (Å²) in [5.74, 6) is -4.91. The van der Waals surface area contributed by atoms with E-state index in [9.17, 15) is 29.1 Å². The van der Waals surface area contributed by atoms with E-state index < -0.39 is 40.1 Å². The lowest BCUT2D eigenvalue weighted by Crippen LogP contribution is -2.71. The Morgan fingerprint density at radius 1 is 0.952 bits per heavy atom. The number of imide groups is 2. The predicted octanol–water partition coefficient (Wildman–Crippen LogP) is -0.993. The van der Waals surface area contributed by atoms with E-state index in [1.54, 1.807) is 0 Å². The van der Waals surface area contributed by atoms with Crippen molar-refractivity contribution in [2.75, 3.05) is 0 Å². The van der Waals surface area contributed by atoms with Crippen LogP contribution in [0.4, 0.5) is 0 Å². The fourth-order valence-corrected chi connectivity index (χ4v) is 2.52. The third kappa shape index (κ3) is 1.82. The minimum atomic E-state index is -2.66. The highest BCUT2D eigenvalue weighted by atomic mass is 32.1. The van der Waals surface area contributed by atoms with Gasteiger partial charge in [-0.3, -0.25) is 24.0 Å². The Kier molecular flexibility index (Phi) is 3.30. The van der Waals surface area contributed by atoms with E-state index in [-0.39, 0.29) is 0 Å². The number of Topliss-reactive ketones (excluding diaryl/α,β-unsaturated/α-hetero) is 1. The van der Waals surface area contributed by atoms with E-state index in [0.29, 0.717) is 9.80 Å². The molecule has 2 rings (SSSR count). The molecule has 2 aliphatic heterocycles. The fraction of sp³-hybridized carbons (Fsp3) is 0.167. The van der Waals surface area contributed by atoms with E-state index in [4.69, 9.17) is 0 Å². The van der Waals surface area contributed by atoms with Crippen LogP contribution in [-0.2, 0) is 24.0 Å². The molecule has 0 aromatic carbocycles. The van der Waals surface area contributed by atoms with Crippen LogP contribution in [0.15, 0.2) is 24.3 Å². The molecule has 0 bridgehead atoms. The molecule has 0 spiro atoms. The summed E-state index contributed by atoms with van der Waals surface area (Å²) < 4.78 is 0. The smallest absolute Gasteiger partial charge is 0.261 e. The molecule has 108 valence electrons. The molecule has 2 aliphatic rings. The first kappa shape index (κ1) is 14.7. The van der Waals surface area contributed by atoms with Gasteiger partial charge in [0, 0.05) is 24.3 Å². The monoisotopic (exact) mass is 308 g/mol. The van der Waals surface area contributed by atoms with Gasteiger partial charge in [-0.1, -0.05) is 0 Å². The Balaban J connectivity index is 2.71. The third-order valence-electron chi connectivity index (χ3n) is 3.05. The molecular formula is C12H8N2O6S. The SMILES string of the molecule is CC(=O)C(C(O)=S)(N1C(=O)C=CC1=O)N1C(=O)C=CC1=O. The van der Waals surface area contributed by atoms with Gasteiger partial charge in [0.05, 0.1) is 0 Å². The molecule has 4 amide bonds. The Morgan fingerprint density at radius 3 is 1.43 bits per heavy atom. The van der Waals surface area contributed by atoms with Crippen LogP contribution in [0, 0.1) is 0 Å². The number of aliphatic hydroxyl groups excluding tert-OH is 1. The Morgan fingerprint density at radius 2 is 1.24 bits per heavy atom. The van der Waals surface area contributed by atoms with Gasteiger partial charge in [-0.05, 0) is 19.1 Å². The van der Waals surface area contributed by atoms with E-state index in [2.05, 4.69) is 12.2 Å². The number of aliphatic hydroxyl groups is 1. The fourth-order valence-electron chi connectivity index (χ4n) is 2.20. The average Bonchev–Trinajstić information content (AvgIpc) is 2.88. The number of carbonyl (C=O) groups excluding carboxylic acids is 5. The van der Waals surface area contributed by atoms with E-state index in [0.717, 1.165) is 31.2 Å². The molecule has 1 N–H and O–H groups in total. The lowest BCUT2D eigenvalue weighted by molar-refractivity contribution is -0.164. The van der Waals surface area contributed by atoms with Crippen LogP contribution in [0.2, 0.25) is 0 Å². The molecule has 0 radical (unpaired) electrons. The van der Waals surface area contributed by atoms with Crippen molar-refractivity contribution in [2.45, 2.75) is 12.6 Å². The summed E-state index contributed by atoms with van der Waals surface area (Å²) in [5.41, 5.74) is -2.66. The summed E-state index contributed by atoms with van der Waals surface area (Å²) in [5, 5.41) is 8.64. The Hall–Kier alpha value is -2.68. The van der Waals surface area contributed by atoms with Crippen molar-refractivity contribution >= 4 is 46.7 Å². The van der Waals surface area contributed by atoms with Crippen molar-refractivity contribution in [2.24, 2.45) is 0 Å². The van der Waals surface area contributed by atoms with Crippen molar-refractivity contribution in [3.8, 4) is 0 Å². The van der Waals surface area contributed by atoms with Gasteiger partial charge in [-0.2, -0.15) is 0 Å². The quantitative estimate of drug-likeness (QED) is 0.524. The predicted molar refractivity (Wildman–Crippen MR) is 70.6 cm³/mol. The average molecular weight is 308 g/mol. The molecule has 0 fully saturated rings. The second-order valence-corrected chi connectivity index (χ2v) is 4.61. The van der Waals surface area contributed by atoms with E-state index in [1.807, 2.05) is 0 Å². The number of carbonyl (C=O) groups is 5. The van der Waals surface area contributed by atoms with Gasteiger partial charge in [0.25, 0.3) is 29.3 Å². The number of thiocarbonyl (C=S) groups is 1. The van der Waals surface area contributed by atoms with Crippen LogP contribution in [0.3, 0.4) is 0 Å². The van der Waals surface area contributed by atoms with Crippen molar-refractivity contribution in [1.29, 1.82) is 0 Å². The number of ketones is 1. The second kappa shape index (κ2) is 4.70. The highest BCUT2D eigenvalue weighted by Gasteiger charge is 2.60. The topological polar surface area (TPSA) is 112 Å². The van der Waals surface area contributed by atoms with Crippen molar-refractivity contribution in [1.82, 2.24) is 9.80 Å². The number of hydrogen-bond donors (Lipinski definition) is 1. The van der Waals surface area contributed by atoms with Gasteiger partial charge in [0.15, 0.2) is 5.78 Å². The first-order valence-corrected chi connectivity index (χ1v) is 6.02. The maximum atomic E-state index is 12.1. The minimum absolute atomic E-state index is 0.292. The molecule has 2 heterocycles. The normalized spacial score (nSPS) is 18.1. The second-order valence-electron chi connectivity index (χ2n) is 4.22. The lowest BCUT2D eigenvalue weighted by Gasteiger charge is -2.41. The van der Waals surface area contributed by atoms with Crippen LogP contribution < -0.4 is 0 Å². The molecule has 0 unspecified atom stereocenters. The summed E-state index contributed by atoms with van der Waals surface area (Å²) in [7, 11) is 0. The molecule has 8 nitrogen and oxygen atoms in total. The Bertz CT molecular complexity index is 583. The number of rotatable bonds is 4. The van der Waals surface area contributed by atoms with Gasteiger partial charge in [0.2, 0.25) is 5.05 Å². The van der Waals surface area contributed by atoms with Crippen molar-refractivity contribution in [3.05, 3.63) is 24.3 Å². The zero-order chi connectivity index (χ0) is 15.9. The van der Waals surface area contributed by atoms with Gasteiger partial charge in [-0.15, -0.1) is 0 Å². The first-order chi connectivity index (χ1) is 9.74. The molecule has 0 saturated heterocycles. The van der Waals surface area contributed by atoms with Crippen LogP contribution in [0.25, 0.3) is 0 Å². The zero-order valence-corrected chi connectivity index (χ0v) is 11.4. The summed E-state index contributed by atoms with van der Waals surface area (Å²) in [6.07, 6.45) is 3.38. The van der Waals surface area contributed by atoms with Gasteiger partial charge in [0.1, 0.15) is 0 Å². The highest BCUT2D eigenvalue weighted by Crippen LogP contribution is 2.30. The molecule has 21 heavy (non-hydrogen) atoms. The van der Waals surface area contributed by atoms with Crippen molar-refractivity contribution < 1.29 is 29.1 Å². The van der Waals surface area contributed by atoms with Gasteiger partial charge < -0.3 is 5.11 Å². The lowest BCUT2D eigenvalue weighted by atomic mass is 10.0. The molecule has 0 aliphatic carbocycles. The van der Waals surface area contributed by atoms with Crippen LogP contribution >= 0.6 is 12.2 Å². The zero-order valence-electron chi connectivity index (χ0n) is 10.6. The molecule has 0 aromatic heterocycles. The van der Waals surface area contributed by atoms with Crippen LogP contribution in [0.5, 0.6) is 0 Å². The summed E-state index contributed by atoms with van der Waals surface area (Å²) in [4.78, 5) is 60.0. The van der Waals surface area contributed by atoms with Gasteiger partial charge >= 0.3 is 0 Å². The largest absolute Gasteiger partial charge is 0.499 e. The van der Waals surface area contributed by atoms with E-state index >= 15 is 0 Å². The molecule has 9 heteroatoms. The Labute approximate surface area is 123 Å². The number of amides is 4. The summed E-state index contributed by atoms with van der Waals surface area (Å²) >= 11 is 4.58. The summed E-state index contributed by atoms with van der Waals surface area (Å²) in [6.45, 7) is 0.903. The molecule has 0 aromatic rings. The summed E-state index contributed by atoms with van der Waals surface area (Å²) in [6, 6.07) is 0. The molecule has 0 saturated carbocycles. The third-order valence-corrected chi connectivity index (χ3v) is 3.34. The number of hydrogen-bond acceptors (Lipinski definition) is 6. The number of nitrogens with zero attached hydrogens (tertiary/aromatic N) is 2. The van der Waals surface area contributed by atoms with Crippen molar-refractivity contribution in [3.63, 3.8) is 0 Å². The standard InChI is InChI=1S/C12H8N2O6S/c1-6(15)12(11(20)21,13-7(16)2-3-8(13)17)14-9(18)4-5-10(14)19/h2-5H,1H3,(H,20,21). The molecular weight excluding hydrogens is 300 g/mol.